The fourth-order valence-electron chi connectivity index (χ4n) is 1.32. The van der Waals surface area contributed by atoms with E-state index in [9.17, 15) is 9.18 Å². The molecule has 2 N–H and O–H groups in total. The number of carbonyl (C=O) groups is 1. The Morgan fingerprint density at radius 2 is 2.22 bits per heavy atom. The Labute approximate surface area is 109 Å². The second-order valence-electron chi connectivity index (χ2n) is 4.20. The van der Waals surface area contributed by atoms with E-state index >= 15 is 0 Å². The lowest BCUT2D eigenvalue weighted by Gasteiger charge is -2.15. The Bertz CT molecular complexity index is 477. The van der Waals surface area contributed by atoms with Crippen molar-refractivity contribution in [2.75, 3.05) is 5.73 Å². The summed E-state index contributed by atoms with van der Waals surface area (Å²) in [6.45, 7) is 1.54. The van der Waals surface area contributed by atoms with Crippen LogP contribution in [0.2, 0.25) is 5.02 Å². The monoisotopic (exact) mass is 273 g/mol. The summed E-state index contributed by atoms with van der Waals surface area (Å²) in [5, 5.41) is 0.0628. The van der Waals surface area contributed by atoms with Crippen LogP contribution in [-0.2, 0) is 9.53 Å². The van der Waals surface area contributed by atoms with Gasteiger partial charge in [0.15, 0.2) is 6.10 Å². The fraction of sp³-hybridized carbons (Fsp3) is 0.417. The molecule has 1 aromatic rings. The van der Waals surface area contributed by atoms with Gasteiger partial charge < -0.3 is 15.2 Å². The lowest BCUT2D eigenvalue weighted by atomic mass is 10.3. The molecule has 0 aliphatic heterocycles. The first-order valence-corrected chi connectivity index (χ1v) is 5.97. The van der Waals surface area contributed by atoms with Crippen LogP contribution in [0.4, 0.5) is 10.1 Å². The van der Waals surface area contributed by atoms with Gasteiger partial charge in [0.1, 0.15) is 17.7 Å². The van der Waals surface area contributed by atoms with E-state index in [4.69, 9.17) is 26.8 Å². The van der Waals surface area contributed by atoms with E-state index in [0.717, 1.165) is 18.9 Å². The number of nitrogen functional groups attached to an aromatic ring is 1. The van der Waals surface area contributed by atoms with E-state index in [0.29, 0.717) is 0 Å². The Kier molecular flexibility index (Phi) is 3.61. The molecular weight excluding hydrogens is 261 g/mol. The normalized spacial score (nSPS) is 16.2. The molecule has 1 aliphatic rings. The first-order valence-electron chi connectivity index (χ1n) is 5.59. The molecule has 1 unspecified atom stereocenters. The topological polar surface area (TPSA) is 61.5 Å². The van der Waals surface area contributed by atoms with Gasteiger partial charge in [-0.2, -0.15) is 0 Å². The molecule has 6 heteroatoms. The highest BCUT2D eigenvalue weighted by molar-refractivity contribution is 6.32. The zero-order valence-electron chi connectivity index (χ0n) is 9.78. The second kappa shape index (κ2) is 5.02. The maximum Gasteiger partial charge on any atom is 0.347 e. The minimum Gasteiger partial charge on any atom is -0.477 e. The van der Waals surface area contributed by atoms with Crippen LogP contribution in [0.5, 0.6) is 5.75 Å². The van der Waals surface area contributed by atoms with E-state index in [1.165, 1.54) is 6.07 Å². The summed E-state index contributed by atoms with van der Waals surface area (Å²) in [7, 11) is 0. The van der Waals surface area contributed by atoms with Crippen LogP contribution in [-0.4, -0.2) is 18.2 Å². The van der Waals surface area contributed by atoms with Crippen LogP contribution < -0.4 is 10.5 Å². The molecule has 0 spiro atoms. The summed E-state index contributed by atoms with van der Waals surface area (Å²) < 4.78 is 23.5. The van der Waals surface area contributed by atoms with Crippen molar-refractivity contribution < 1.29 is 18.7 Å². The van der Waals surface area contributed by atoms with E-state index in [1.807, 2.05) is 0 Å². The number of esters is 1. The predicted octanol–water partition coefficient (Wildman–Crippen LogP) is 2.53. The molecule has 2 rings (SSSR count). The molecule has 1 atom stereocenters. The van der Waals surface area contributed by atoms with Gasteiger partial charge in [0, 0.05) is 6.07 Å². The van der Waals surface area contributed by atoms with Gasteiger partial charge in [0.25, 0.3) is 0 Å². The van der Waals surface area contributed by atoms with Crippen molar-refractivity contribution in [3.05, 3.63) is 23.0 Å². The molecule has 1 aliphatic carbocycles. The fourth-order valence-corrected chi connectivity index (χ4v) is 1.51. The number of benzene rings is 1. The smallest absolute Gasteiger partial charge is 0.347 e. The molecule has 0 heterocycles. The molecule has 1 saturated carbocycles. The minimum atomic E-state index is -0.812. The van der Waals surface area contributed by atoms with E-state index in [-0.39, 0.29) is 22.6 Å². The van der Waals surface area contributed by atoms with Crippen molar-refractivity contribution >= 4 is 23.3 Å². The van der Waals surface area contributed by atoms with Crippen LogP contribution in [0.15, 0.2) is 12.1 Å². The quantitative estimate of drug-likeness (QED) is 0.676. The van der Waals surface area contributed by atoms with Crippen LogP contribution in [0.25, 0.3) is 0 Å². The number of nitrogens with two attached hydrogens (primary N) is 1. The van der Waals surface area contributed by atoms with Gasteiger partial charge >= 0.3 is 5.97 Å². The minimum absolute atomic E-state index is 0.0114. The average Bonchev–Trinajstić information content (AvgIpc) is 3.09. The van der Waals surface area contributed by atoms with Crippen molar-refractivity contribution in [2.45, 2.75) is 32.0 Å². The van der Waals surface area contributed by atoms with Gasteiger partial charge in [0.2, 0.25) is 0 Å². The van der Waals surface area contributed by atoms with Crippen molar-refractivity contribution in [2.24, 2.45) is 0 Å². The SMILES string of the molecule is CC(Oc1cc(N)c(F)cc1Cl)C(=O)OC1CC1. The number of halogens is 2. The number of hydrogen-bond donors (Lipinski definition) is 1. The van der Waals surface area contributed by atoms with Gasteiger partial charge in [-0.3, -0.25) is 0 Å². The number of rotatable bonds is 4. The van der Waals surface area contributed by atoms with Crippen molar-refractivity contribution in [1.29, 1.82) is 0 Å². The molecular formula is C12H13ClFNO3. The summed E-state index contributed by atoms with van der Waals surface area (Å²) in [6.07, 6.45) is 0.982. The molecule has 0 amide bonds. The zero-order chi connectivity index (χ0) is 13.3. The van der Waals surface area contributed by atoms with E-state index in [1.54, 1.807) is 6.92 Å². The number of anilines is 1. The predicted molar refractivity (Wildman–Crippen MR) is 65.0 cm³/mol. The molecule has 0 radical (unpaired) electrons. The lowest BCUT2D eigenvalue weighted by molar-refractivity contribution is -0.152. The van der Waals surface area contributed by atoms with Crippen molar-refractivity contribution in [1.82, 2.24) is 0 Å². The van der Waals surface area contributed by atoms with Gasteiger partial charge in [0.05, 0.1) is 10.7 Å². The Balaban J connectivity index is 2.03. The number of carbonyl (C=O) groups excluding carboxylic acids is 1. The Morgan fingerprint density at radius 1 is 1.56 bits per heavy atom. The first kappa shape index (κ1) is 13.0. The van der Waals surface area contributed by atoms with Crippen molar-refractivity contribution in [3.63, 3.8) is 0 Å². The zero-order valence-corrected chi connectivity index (χ0v) is 10.5. The van der Waals surface area contributed by atoms with Crippen LogP contribution >= 0.6 is 11.6 Å². The number of hydrogen-bond acceptors (Lipinski definition) is 4. The van der Waals surface area contributed by atoms with Crippen LogP contribution in [0.3, 0.4) is 0 Å². The molecule has 1 aromatic carbocycles. The molecule has 98 valence electrons. The van der Waals surface area contributed by atoms with E-state index in [2.05, 4.69) is 0 Å². The summed E-state index contributed by atoms with van der Waals surface area (Å²) in [5.41, 5.74) is 5.32. The van der Waals surface area contributed by atoms with Gasteiger partial charge in [-0.1, -0.05) is 11.6 Å². The van der Waals surface area contributed by atoms with E-state index < -0.39 is 17.9 Å². The van der Waals surface area contributed by atoms with Crippen LogP contribution in [0, 0.1) is 5.82 Å². The highest BCUT2D eigenvalue weighted by Gasteiger charge is 2.29. The largest absolute Gasteiger partial charge is 0.477 e. The summed E-state index contributed by atoms with van der Waals surface area (Å²) in [5.74, 6) is -0.923. The van der Waals surface area contributed by atoms with Gasteiger partial charge in [-0.15, -0.1) is 0 Å². The molecule has 18 heavy (non-hydrogen) atoms. The maximum absolute atomic E-state index is 13.1. The molecule has 4 nitrogen and oxygen atoms in total. The molecule has 0 bridgehead atoms. The summed E-state index contributed by atoms with van der Waals surface area (Å²) >= 11 is 5.80. The summed E-state index contributed by atoms with van der Waals surface area (Å²) in [4.78, 5) is 11.6. The second-order valence-corrected chi connectivity index (χ2v) is 4.61. The maximum atomic E-state index is 13.1. The third-order valence-corrected chi connectivity index (χ3v) is 2.79. The third kappa shape index (κ3) is 3.04. The first-order chi connectivity index (χ1) is 8.47. The third-order valence-electron chi connectivity index (χ3n) is 2.49. The Hall–Kier alpha value is -1.49. The average molecular weight is 274 g/mol. The number of ether oxygens (including phenoxy) is 2. The van der Waals surface area contributed by atoms with Crippen molar-refractivity contribution in [3.8, 4) is 5.75 Å². The molecule has 0 aromatic heterocycles. The lowest BCUT2D eigenvalue weighted by Crippen LogP contribution is -2.27. The van der Waals surface area contributed by atoms with Gasteiger partial charge in [-0.25, -0.2) is 9.18 Å². The highest BCUT2D eigenvalue weighted by Crippen LogP contribution is 2.30. The standard InChI is InChI=1S/C12H13ClFNO3/c1-6(12(16)18-7-2-3-7)17-11-5-10(15)9(14)4-8(11)13/h4-7H,2-3,15H2,1H3. The Morgan fingerprint density at radius 3 is 2.83 bits per heavy atom. The molecule has 0 saturated heterocycles. The molecule has 1 fully saturated rings. The summed E-state index contributed by atoms with van der Waals surface area (Å²) in [6, 6.07) is 2.30. The highest BCUT2D eigenvalue weighted by atomic mass is 35.5. The van der Waals surface area contributed by atoms with Gasteiger partial charge in [-0.05, 0) is 25.8 Å². The van der Waals surface area contributed by atoms with Crippen LogP contribution in [0.1, 0.15) is 19.8 Å².